The number of benzene rings is 3. The number of aromatic nitrogens is 2. The number of H-pyrrole nitrogens is 1. The number of fused-ring (bicyclic) bond motifs is 1. The van der Waals surface area contributed by atoms with Crippen molar-refractivity contribution in [3.8, 4) is 34.3 Å². The Balaban J connectivity index is 1.56. The van der Waals surface area contributed by atoms with E-state index in [4.69, 9.17) is 18.9 Å². The molecule has 1 N–H and O–H groups in total. The molecule has 1 aromatic heterocycles. The van der Waals surface area contributed by atoms with Crippen molar-refractivity contribution in [3.05, 3.63) is 89.1 Å². The summed E-state index contributed by atoms with van der Waals surface area (Å²) in [5.74, 6) is 3.25. The van der Waals surface area contributed by atoms with E-state index in [1.165, 1.54) is 0 Å². The molecule has 1 atom stereocenters. The molecular weight excluding hydrogens is 506 g/mol. The minimum Gasteiger partial charge on any atom is -0.497 e. The number of nitrogens with one attached hydrogen (secondary N) is 1. The number of rotatable bonds is 11. The lowest BCUT2D eigenvalue weighted by Gasteiger charge is -2.27. The number of carbonyl (C=O) groups excluding carboxylic acids is 1. The van der Waals surface area contributed by atoms with Crippen molar-refractivity contribution in [3.63, 3.8) is 0 Å². The molecule has 3 aromatic carbocycles. The summed E-state index contributed by atoms with van der Waals surface area (Å²) in [5.41, 5.74) is 4.83. The number of hydrogen-bond donors (Lipinski definition) is 1. The van der Waals surface area contributed by atoms with E-state index >= 15 is 0 Å². The third-order valence-corrected chi connectivity index (χ3v) is 7.20. The van der Waals surface area contributed by atoms with Crippen molar-refractivity contribution in [2.75, 3.05) is 27.9 Å². The monoisotopic (exact) mass is 541 g/mol. The SMILES string of the molecule is COc1ccc(CN2C(=O)c3[nH]nc(-c4ccc(OC)cc4)c3C2c2ccc(OCCC(C)C)c(OC)c2)cc1. The average molecular weight is 542 g/mol. The number of ether oxygens (including phenoxy) is 4. The third-order valence-electron chi connectivity index (χ3n) is 7.20. The number of amides is 1. The first kappa shape index (κ1) is 27.1. The quantitative estimate of drug-likeness (QED) is 0.241. The van der Waals surface area contributed by atoms with Gasteiger partial charge in [0.2, 0.25) is 0 Å². The van der Waals surface area contributed by atoms with E-state index < -0.39 is 0 Å². The normalized spacial score (nSPS) is 14.4. The maximum atomic E-state index is 13.8. The van der Waals surface area contributed by atoms with Crippen LogP contribution in [0.3, 0.4) is 0 Å². The van der Waals surface area contributed by atoms with Crippen molar-refractivity contribution in [2.24, 2.45) is 5.92 Å². The summed E-state index contributed by atoms with van der Waals surface area (Å²) in [5, 5.41) is 7.61. The highest BCUT2D eigenvalue weighted by atomic mass is 16.5. The molecule has 0 saturated carbocycles. The summed E-state index contributed by atoms with van der Waals surface area (Å²) in [6.45, 7) is 5.35. The van der Waals surface area contributed by atoms with Crippen molar-refractivity contribution >= 4 is 5.91 Å². The Morgan fingerprint density at radius 3 is 2.17 bits per heavy atom. The largest absolute Gasteiger partial charge is 0.497 e. The predicted octanol–water partition coefficient (Wildman–Crippen LogP) is 6.27. The van der Waals surface area contributed by atoms with Gasteiger partial charge in [0.25, 0.3) is 5.91 Å². The van der Waals surface area contributed by atoms with Gasteiger partial charge in [-0.05, 0) is 72.0 Å². The highest BCUT2D eigenvalue weighted by Gasteiger charge is 2.42. The highest BCUT2D eigenvalue weighted by molar-refractivity contribution is 6.00. The minimum absolute atomic E-state index is 0.112. The first-order chi connectivity index (χ1) is 19.4. The van der Waals surface area contributed by atoms with Crippen LogP contribution < -0.4 is 18.9 Å². The van der Waals surface area contributed by atoms with E-state index in [1.807, 2.05) is 71.6 Å². The van der Waals surface area contributed by atoms with Crippen LogP contribution in [0.4, 0.5) is 0 Å². The van der Waals surface area contributed by atoms with Crippen molar-refractivity contribution in [1.29, 1.82) is 0 Å². The molecule has 1 aliphatic heterocycles. The summed E-state index contributed by atoms with van der Waals surface area (Å²) in [6.07, 6.45) is 0.946. The van der Waals surface area contributed by atoms with Crippen LogP contribution >= 0.6 is 0 Å². The zero-order valence-electron chi connectivity index (χ0n) is 23.6. The van der Waals surface area contributed by atoms with Gasteiger partial charge in [0.05, 0.1) is 39.7 Å². The molecule has 0 radical (unpaired) electrons. The highest BCUT2D eigenvalue weighted by Crippen LogP contribution is 2.45. The topological polar surface area (TPSA) is 85.9 Å². The van der Waals surface area contributed by atoms with Crippen molar-refractivity contribution < 1.29 is 23.7 Å². The predicted molar refractivity (Wildman–Crippen MR) is 153 cm³/mol. The molecule has 5 rings (SSSR count). The molecule has 8 nitrogen and oxygen atoms in total. The molecule has 0 aliphatic carbocycles. The molecular formula is C32H35N3O5. The van der Waals surface area contributed by atoms with E-state index in [1.54, 1.807) is 21.3 Å². The van der Waals surface area contributed by atoms with Crippen LogP contribution in [0.15, 0.2) is 66.7 Å². The van der Waals surface area contributed by atoms with Gasteiger partial charge in [0.1, 0.15) is 17.2 Å². The van der Waals surface area contributed by atoms with E-state index in [2.05, 4.69) is 24.0 Å². The first-order valence-corrected chi connectivity index (χ1v) is 13.4. The third kappa shape index (κ3) is 5.34. The molecule has 0 bridgehead atoms. The van der Waals surface area contributed by atoms with Crippen LogP contribution in [-0.4, -0.2) is 48.9 Å². The molecule has 40 heavy (non-hydrogen) atoms. The zero-order chi connectivity index (χ0) is 28.2. The molecule has 1 aliphatic rings. The lowest BCUT2D eigenvalue weighted by molar-refractivity contribution is 0.0730. The molecule has 1 unspecified atom stereocenters. The zero-order valence-corrected chi connectivity index (χ0v) is 23.6. The van der Waals surface area contributed by atoms with Gasteiger partial charge < -0.3 is 23.8 Å². The minimum atomic E-state index is -0.390. The van der Waals surface area contributed by atoms with Gasteiger partial charge in [-0.2, -0.15) is 5.10 Å². The van der Waals surface area contributed by atoms with Crippen LogP contribution in [0.2, 0.25) is 0 Å². The number of carbonyl (C=O) groups is 1. The second-order valence-corrected chi connectivity index (χ2v) is 10.2. The van der Waals surface area contributed by atoms with Gasteiger partial charge in [0.15, 0.2) is 11.5 Å². The standard InChI is InChI=1S/C32H35N3O5/c1-20(2)16-17-40-26-15-10-23(18-27(26)39-5)31-28-29(22-8-13-25(38-4)14-9-22)33-34-30(28)32(36)35(31)19-21-6-11-24(37-3)12-7-21/h6-15,18,20,31H,16-17,19H2,1-5H3,(H,33,34). The Hall–Kier alpha value is -4.46. The fraction of sp³-hybridized carbons (Fsp3) is 0.312. The van der Waals surface area contributed by atoms with Crippen LogP contribution in [0.5, 0.6) is 23.0 Å². The lowest BCUT2D eigenvalue weighted by Crippen LogP contribution is -2.29. The number of aromatic amines is 1. The van der Waals surface area contributed by atoms with E-state index in [0.717, 1.165) is 45.9 Å². The Morgan fingerprint density at radius 1 is 0.875 bits per heavy atom. The van der Waals surface area contributed by atoms with Crippen molar-refractivity contribution in [2.45, 2.75) is 32.9 Å². The maximum Gasteiger partial charge on any atom is 0.273 e. The molecule has 0 fully saturated rings. The molecule has 2 heterocycles. The molecule has 4 aromatic rings. The first-order valence-electron chi connectivity index (χ1n) is 13.4. The summed E-state index contributed by atoms with van der Waals surface area (Å²) >= 11 is 0. The molecule has 1 amide bonds. The smallest absolute Gasteiger partial charge is 0.273 e. The summed E-state index contributed by atoms with van der Waals surface area (Å²) < 4.78 is 22.4. The Bertz CT molecular complexity index is 1460. The molecule has 208 valence electrons. The van der Waals surface area contributed by atoms with Gasteiger partial charge in [-0.25, -0.2) is 0 Å². The second kappa shape index (κ2) is 11.7. The van der Waals surface area contributed by atoms with E-state index in [9.17, 15) is 4.79 Å². The lowest BCUT2D eigenvalue weighted by atomic mass is 9.95. The van der Waals surface area contributed by atoms with Gasteiger partial charge in [-0.1, -0.05) is 32.0 Å². The number of methoxy groups -OCH3 is 3. The fourth-order valence-corrected chi connectivity index (χ4v) is 4.98. The van der Waals surface area contributed by atoms with E-state index in [-0.39, 0.29) is 11.9 Å². The second-order valence-electron chi connectivity index (χ2n) is 10.2. The van der Waals surface area contributed by atoms with E-state index in [0.29, 0.717) is 36.3 Å². The summed E-state index contributed by atoms with van der Waals surface area (Å²) in [7, 11) is 4.91. The van der Waals surface area contributed by atoms with Gasteiger partial charge >= 0.3 is 0 Å². The number of nitrogens with zero attached hydrogens (tertiary/aromatic N) is 2. The van der Waals surface area contributed by atoms with Crippen LogP contribution in [0.25, 0.3) is 11.3 Å². The summed E-state index contributed by atoms with van der Waals surface area (Å²) in [6, 6.07) is 21.0. The van der Waals surface area contributed by atoms with Crippen LogP contribution in [-0.2, 0) is 6.54 Å². The Labute approximate surface area is 234 Å². The summed E-state index contributed by atoms with van der Waals surface area (Å²) in [4.78, 5) is 15.7. The van der Waals surface area contributed by atoms with Gasteiger partial charge in [-0.3, -0.25) is 9.89 Å². The molecule has 0 saturated heterocycles. The number of hydrogen-bond acceptors (Lipinski definition) is 6. The van der Waals surface area contributed by atoms with Crippen LogP contribution in [0.1, 0.15) is 53.5 Å². The Morgan fingerprint density at radius 2 is 1.55 bits per heavy atom. The maximum absolute atomic E-state index is 13.8. The Kier molecular flexibility index (Phi) is 7.96. The van der Waals surface area contributed by atoms with Crippen molar-refractivity contribution in [1.82, 2.24) is 15.1 Å². The fourth-order valence-electron chi connectivity index (χ4n) is 4.98. The average Bonchev–Trinajstić information content (AvgIpc) is 3.52. The molecule has 0 spiro atoms. The van der Waals surface area contributed by atoms with Crippen LogP contribution in [0, 0.1) is 5.92 Å². The molecule has 8 heteroatoms. The van der Waals surface area contributed by atoms with Gasteiger partial charge in [-0.15, -0.1) is 0 Å². The van der Waals surface area contributed by atoms with Gasteiger partial charge in [0, 0.05) is 17.7 Å².